The summed E-state index contributed by atoms with van der Waals surface area (Å²) in [7, 11) is 0. The van der Waals surface area contributed by atoms with Gasteiger partial charge < -0.3 is 5.32 Å². The van der Waals surface area contributed by atoms with E-state index in [1.165, 1.54) is 22.3 Å². The second-order valence-corrected chi connectivity index (χ2v) is 6.06. The molecule has 2 heteroatoms. The largest absolute Gasteiger partial charge is 0.310 e. The molecular formula is C18H22ClN. The maximum atomic E-state index is 6.18. The molecule has 0 atom stereocenters. The average Bonchev–Trinajstić information content (AvgIpc) is 2.41. The smallest absolute Gasteiger partial charge is 0.0438 e. The van der Waals surface area contributed by atoms with Crippen LogP contribution in [0.1, 0.15) is 30.5 Å². The quantitative estimate of drug-likeness (QED) is 0.823. The van der Waals surface area contributed by atoms with Crippen molar-refractivity contribution in [2.24, 2.45) is 0 Å². The van der Waals surface area contributed by atoms with E-state index in [1.807, 2.05) is 6.07 Å². The third kappa shape index (κ3) is 3.62. The number of halogens is 1. The van der Waals surface area contributed by atoms with Crippen molar-refractivity contribution in [2.45, 2.75) is 40.3 Å². The summed E-state index contributed by atoms with van der Waals surface area (Å²) in [5.74, 6) is 0. The predicted octanol–water partition coefficient (Wildman–Crippen LogP) is 5.12. The molecule has 0 unspecified atom stereocenters. The maximum absolute atomic E-state index is 6.18. The summed E-state index contributed by atoms with van der Waals surface area (Å²) in [6.07, 6.45) is 0. The summed E-state index contributed by atoms with van der Waals surface area (Å²) in [5.41, 5.74) is 6.17. The Morgan fingerprint density at radius 1 is 1.05 bits per heavy atom. The Kier molecular flexibility index (Phi) is 4.85. The Morgan fingerprint density at radius 2 is 1.80 bits per heavy atom. The number of benzene rings is 2. The molecule has 2 rings (SSSR count). The molecule has 2 aromatic carbocycles. The molecule has 0 aliphatic heterocycles. The maximum Gasteiger partial charge on any atom is 0.0438 e. The van der Waals surface area contributed by atoms with Crippen LogP contribution in [-0.4, -0.2) is 6.04 Å². The molecular weight excluding hydrogens is 266 g/mol. The number of hydrogen-bond donors (Lipinski definition) is 1. The zero-order valence-electron chi connectivity index (χ0n) is 12.6. The standard InChI is InChI=1S/C18H22ClN/c1-12(2)20-11-15-6-5-7-16(10-15)17-8-14(4)18(19)9-13(17)3/h5-10,12,20H,11H2,1-4H3. The van der Waals surface area contributed by atoms with Crippen molar-refractivity contribution in [1.29, 1.82) is 0 Å². The summed E-state index contributed by atoms with van der Waals surface area (Å²) in [6, 6.07) is 13.4. The van der Waals surface area contributed by atoms with Gasteiger partial charge in [-0.2, -0.15) is 0 Å². The van der Waals surface area contributed by atoms with Crippen LogP contribution < -0.4 is 5.32 Å². The number of aryl methyl sites for hydroxylation is 2. The second-order valence-electron chi connectivity index (χ2n) is 5.65. The van der Waals surface area contributed by atoms with Gasteiger partial charge in [0.15, 0.2) is 0 Å². The normalized spacial score (nSPS) is 11.1. The molecule has 0 bridgehead atoms. The molecule has 0 aromatic heterocycles. The van der Waals surface area contributed by atoms with Crippen molar-refractivity contribution in [1.82, 2.24) is 5.32 Å². The second kappa shape index (κ2) is 6.43. The van der Waals surface area contributed by atoms with Crippen LogP contribution in [0.3, 0.4) is 0 Å². The molecule has 0 aliphatic carbocycles. The zero-order chi connectivity index (χ0) is 14.7. The number of hydrogen-bond acceptors (Lipinski definition) is 1. The first kappa shape index (κ1) is 15.1. The van der Waals surface area contributed by atoms with Gasteiger partial charge in [-0.15, -0.1) is 0 Å². The Bertz CT molecular complexity index is 602. The van der Waals surface area contributed by atoms with Gasteiger partial charge in [-0.1, -0.05) is 43.6 Å². The molecule has 1 nitrogen and oxygen atoms in total. The van der Waals surface area contributed by atoms with E-state index in [1.54, 1.807) is 0 Å². The van der Waals surface area contributed by atoms with Gasteiger partial charge in [0.1, 0.15) is 0 Å². The first-order valence-corrected chi connectivity index (χ1v) is 7.44. The monoisotopic (exact) mass is 287 g/mol. The van der Waals surface area contributed by atoms with E-state index < -0.39 is 0 Å². The van der Waals surface area contributed by atoms with Crippen LogP contribution in [0.15, 0.2) is 36.4 Å². The van der Waals surface area contributed by atoms with Crippen LogP contribution >= 0.6 is 11.6 Å². The highest BCUT2D eigenvalue weighted by atomic mass is 35.5. The van der Waals surface area contributed by atoms with E-state index in [4.69, 9.17) is 11.6 Å². The molecule has 0 radical (unpaired) electrons. The third-order valence-electron chi connectivity index (χ3n) is 3.46. The highest BCUT2D eigenvalue weighted by Crippen LogP contribution is 2.29. The minimum atomic E-state index is 0.498. The fourth-order valence-corrected chi connectivity index (χ4v) is 2.48. The fourth-order valence-electron chi connectivity index (χ4n) is 2.26. The van der Waals surface area contributed by atoms with Crippen LogP contribution in [0.2, 0.25) is 5.02 Å². The lowest BCUT2D eigenvalue weighted by atomic mass is 9.97. The number of nitrogens with one attached hydrogen (secondary N) is 1. The van der Waals surface area contributed by atoms with Crippen molar-refractivity contribution in [3.63, 3.8) is 0 Å². The first-order chi connectivity index (χ1) is 9.47. The van der Waals surface area contributed by atoms with Gasteiger partial charge in [-0.3, -0.25) is 0 Å². The average molecular weight is 288 g/mol. The summed E-state index contributed by atoms with van der Waals surface area (Å²) in [5, 5.41) is 4.29. The molecule has 0 amide bonds. The van der Waals surface area contributed by atoms with Crippen molar-refractivity contribution < 1.29 is 0 Å². The molecule has 106 valence electrons. The highest BCUT2D eigenvalue weighted by Gasteiger charge is 2.06. The van der Waals surface area contributed by atoms with E-state index in [2.05, 4.69) is 63.3 Å². The Hall–Kier alpha value is -1.31. The third-order valence-corrected chi connectivity index (χ3v) is 3.87. The Morgan fingerprint density at radius 3 is 2.50 bits per heavy atom. The van der Waals surface area contributed by atoms with Crippen molar-refractivity contribution >= 4 is 11.6 Å². The van der Waals surface area contributed by atoms with Crippen LogP contribution in [-0.2, 0) is 6.54 Å². The van der Waals surface area contributed by atoms with E-state index in [-0.39, 0.29) is 0 Å². The predicted molar refractivity (Wildman–Crippen MR) is 88.3 cm³/mol. The van der Waals surface area contributed by atoms with E-state index in [9.17, 15) is 0 Å². The molecule has 0 saturated carbocycles. The number of rotatable bonds is 4. The summed E-state index contributed by atoms with van der Waals surface area (Å²) >= 11 is 6.18. The van der Waals surface area contributed by atoms with Gasteiger partial charge in [0, 0.05) is 17.6 Å². The lowest BCUT2D eigenvalue weighted by molar-refractivity contribution is 0.589. The molecule has 1 N–H and O–H groups in total. The Balaban J connectivity index is 2.33. The van der Waals surface area contributed by atoms with E-state index in [0.717, 1.165) is 17.1 Å². The van der Waals surface area contributed by atoms with E-state index >= 15 is 0 Å². The lowest BCUT2D eigenvalue weighted by Gasteiger charge is -2.12. The van der Waals surface area contributed by atoms with E-state index in [0.29, 0.717) is 6.04 Å². The van der Waals surface area contributed by atoms with Gasteiger partial charge in [-0.25, -0.2) is 0 Å². The summed E-state index contributed by atoms with van der Waals surface area (Å²) in [4.78, 5) is 0. The lowest BCUT2D eigenvalue weighted by Crippen LogP contribution is -2.21. The SMILES string of the molecule is Cc1cc(-c2cccc(CNC(C)C)c2)c(C)cc1Cl. The van der Waals surface area contributed by atoms with Gasteiger partial charge in [0.05, 0.1) is 0 Å². The van der Waals surface area contributed by atoms with Gasteiger partial charge in [0.2, 0.25) is 0 Å². The van der Waals surface area contributed by atoms with Crippen molar-refractivity contribution in [3.05, 3.63) is 58.1 Å². The zero-order valence-corrected chi connectivity index (χ0v) is 13.4. The topological polar surface area (TPSA) is 12.0 Å². The van der Waals surface area contributed by atoms with Crippen molar-refractivity contribution in [3.8, 4) is 11.1 Å². The van der Waals surface area contributed by atoms with Gasteiger partial charge in [-0.05, 0) is 59.9 Å². The molecule has 0 saturated heterocycles. The van der Waals surface area contributed by atoms with Gasteiger partial charge >= 0.3 is 0 Å². The molecule has 0 heterocycles. The van der Waals surface area contributed by atoms with Crippen LogP contribution in [0.4, 0.5) is 0 Å². The molecule has 0 fully saturated rings. The van der Waals surface area contributed by atoms with Crippen molar-refractivity contribution in [2.75, 3.05) is 0 Å². The molecule has 2 aromatic rings. The molecule has 20 heavy (non-hydrogen) atoms. The molecule has 0 aliphatic rings. The van der Waals surface area contributed by atoms with Crippen LogP contribution in [0.25, 0.3) is 11.1 Å². The van der Waals surface area contributed by atoms with Crippen LogP contribution in [0, 0.1) is 13.8 Å². The summed E-state index contributed by atoms with van der Waals surface area (Å²) < 4.78 is 0. The molecule has 0 spiro atoms. The minimum Gasteiger partial charge on any atom is -0.310 e. The fraction of sp³-hybridized carbons (Fsp3) is 0.333. The summed E-state index contributed by atoms with van der Waals surface area (Å²) in [6.45, 7) is 9.39. The highest BCUT2D eigenvalue weighted by molar-refractivity contribution is 6.31. The minimum absolute atomic E-state index is 0.498. The first-order valence-electron chi connectivity index (χ1n) is 7.07. The van der Waals surface area contributed by atoms with Crippen LogP contribution in [0.5, 0.6) is 0 Å². The Labute approximate surface area is 127 Å². The van der Waals surface area contributed by atoms with Gasteiger partial charge in [0.25, 0.3) is 0 Å².